The Morgan fingerprint density at radius 3 is 2.67 bits per heavy atom. The standard InChI is InChI=1S/C21H21N3O2S/c25-20(8-2-6-19-7-3-13-27-19)23-15-16-4-1-5-18(14-16)24-21(26)17-9-11-22-12-10-17/h1,3-5,7,9-14H,2,6,8,15H2,(H,23,25)(H,24,26). The molecule has 5 nitrogen and oxygen atoms in total. The van der Waals surface area contributed by atoms with Crippen LogP contribution < -0.4 is 10.6 Å². The van der Waals surface area contributed by atoms with E-state index >= 15 is 0 Å². The van der Waals surface area contributed by atoms with Gasteiger partial charge in [-0.05, 0) is 54.1 Å². The lowest BCUT2D eigenvalue weighted by Crippen LogP contribution is -2.22. The van der Waals surface area contributed by atoms with Crippen LogP contribution >= 0.6 is 11.3 Å². The Labute approximate surface area is 162 Å². The first-order valence-electron chi connectivity index (χ1n) is 8.80. The number of aryl methyl sites for hydroxylation is 1. The fourth-order valence-corrected chi connectivity index (χ4v) is 3.38. The lowest BCUT2D eigenvalue weighted by atomic mass is 10.1. The average Bonchev–Trinajstić information content (AvgIpc) is 3.21. The summed E-state index contributed by atoms with van der Waals surface area (Å²) in [5.41, 5.74) is 2.19. The molecule has 0 spiro atoms. The number of benzene rings is 1. The average molecular weight is 379 g/mol. The van der Waals surface area contributed by atoms with Crippen molar-refractivity contribution in [3.8, 4) is 0 Å². The molecule has 3 rings (SSSR count). The van der Waals surface area contributed by atoms with Crippen LogP contribution in [0, 0.1) is 0 Å². The van der Waals surface area contributed by atoms with E-state index in [2.05, 4.69) is 27.1 Å². The van der Waals surface area contributed by atoms with E-state index in [1.165, 1.54) is 4.88 Å². The molecule has 0 fully saturated rings. The van der Waals surface area contributed by atoms with E-state index in [1.807, 2.05) is 30.3 Å². The number of carbonyl (C=O) groups excluding carboxylic acids is 2. The Morgan fingerprint density at radius 2 is 1.89 bits per heavy atom. The highest BCUT2D eigenvalue weighted by molar-refractivity contribution is 7.09. The zero-order valence-electron chi connectivity index (χ0n) is 14.9. The summed E-state index contributed by atoms with van der Waals surface area (Å²) in [6, 6.07) is 14.9. The fraction of sp³-hybridized carbons (Fsp3) is 0.190. The Morgan fingerprint density at radius 1 is 1.04 bits per heavy atom. The minimum Gasteiger partial charge on any atom is -0.352 e. The maximum absolute atomic E-state index is 12.2. The number of pyridine rings is 1. The van der Waals surface area contributed by atoms with Crippen molar-refractivity contribution < 1.29 is 9.59 Å². The first kappa shape index (κ1) is 18.8. The van der Waals surface area contributed by atoms with Crippen LogP contribution in [0.2, 0.25) is 0 Å². The maximum Gasteiger partial charge on any atom is 0.255 e. The molecule has 0 saturated carbocycles. The lowest BCUT2D eigenvalue weighted by molar-refractivity contribution is -0.121. The van der Waals surface area contributed by atoms with Gasteiger partial charge in [-0.2, -0.15) is 0 Å². The van der Waals surface area contributed by atoms with E-state index in [4.69, 9.17) is 0 Å². The van der Waals surface area contributed by atoms with E-state index in [1.54, 1.807) is 35.9 Å². The molecule has 0 bridgehead atoms. The highest BCUT2D eigenvalue weighted by Crippen LogP contribution is 2.13. The molecule has 2 amide bonds. The third-order valence-electron chi connectivity index (χ3n) is 4.02. The number of amides is 2. The van der Waals surface area contributed by atoms with Crippen molar-refractivity contribution in [3.63, 3.8) is 0 Å². The SMILES string of the molecule is O=C(CCCc1cccs1)NCc1cccc(NC(=O)c2ccncc2)c1. The zero-order valence-corrected chi connectivity index (χ0v) is 15.7. The summed E-state index contributed by atoms with van der Waals surface area (Å²) in [6.07, 6.45) is 5.45. The van der Waals surface area contributed by atoms with Crippen LogP contribution in [0.5, 0.6) is 0 Å². The minimum atomic E-state index is -0.188. The first-order valence-corrected chi connectivity index (χ1v) is 9.68. The van der Waals surface area contributed by atoms with Crippen molar-refractivity contribution in [1.29, 1.82) is 0 Å². The van der Waals surface area contributed by atoms with Crippen LogP contribution in [0.25, 0.3) is 0 Å². The van der Waals surface area contributed by atoms with Crippen molar-refractivity contribution in [1.82, 2.24) is 10.3 Å². The van der Waals surface area contributed by atoms with E-state index < -0.39 is 0 Å². The molecule has 6 heteroatoms. The molecule has 3 aromatic rings. The van der Waals surface area contributed by atoms with Crippen molar-refractivity contribution in [2.75, 3.05) is 5.32 Å². The summed E-state index contributed by atoms with van der Waals surface area (Å²) >= 11 is 1.72. The van der Waals surface area contributed by atoms with Gasteiger partial charge in [0.15, 0.2) is 0 Å². The number of carbonyl (C=O) groups is 2. The van der Waals surface area contributed by atoms with Gasteiger partial charge in [-0.25, -0.2) is 0 Å². The largest absolute Gasteiger partial charge is 0.352 e. The van der Waals surface area contributed by atoms with Gasteiger partial charge in [0.1, 0.15) is 0 Å². The molecule has 0 saturated heterocycles. The third kappa shape index (κ3) is 6.04. The molecule has 138 valence electrons. The second-order valence-electron chi connectivity index (χ2n) is 6.10. The molecule has 0 radical (unpaired) electrons. The number of aromatic nitrogens is 1. The van der Waals surface area contributed by atoms with Crippen LogP contribution in [0.4, 0.5) is 5.69 Å². The molecular weight excluding hydrogens is 358 g/mol. The van der Waals surface area contributed by atoms with Crippen molar-refractivity contribution in [2.45, 2.75) is 25.8 Å². The second-order valence-corrected chi connectivity index (χ2v) is 7.13. The first-order chi connectivity index (χ1) is 13.2. The van der Waals surface area contributed by atoms with E-state index in [9.17, 15) is 9.59 Å². The molecule has 27 heavy (non-hydrogen) atoms. The molecular formula is C21H21N3O2S. The summed E-state index contributed by atoms with van der Waals surface area (Å²) in [6.45, 7) is 0.441. The summed E-state index contributed by atoms with van der Waals surface area (Å²) in [5, 5.41) is 7.84. The highest BCUT2D eigenvalue weighted by atomic mass is 32.1. The van der Waals surface area contributed by atoms with Gasteiger partial charge in [0.2, 0.25) is 5.91 Å². The lowest BCUT2D eigenvalue weighted by Gasteiger charge is -2.09. The Balaban J connectivity index is 1.45. The van der Waals surface area contributed by atoms with Crippen molar-refractivity contribution in [3.05, 3.63) is 82.3 Å². The van der Waals surface area contributed by atoms with Crippen LogP contribution in [-0.2, 0) is 17.8 Å². The number of anilines is 1. The summed E-state index contributed by atoms with van der Waals surface area (Å²) < 4.78 is 0. The van der Waals surface area contributed by atoms with Gasteiger partial charge in [-0.3, -0.25) is 14.6 Å². The molecule has 0 unspecified atom stereocenters. The molecule has 1 aromatic carbocycles. The Bertz CT molecular complexity index is 879. The van der Waals surface area contributed by atoms with Gasteiger partial charge in [0, 0.05) is 41.5 Å². The van der Waals surface area contributed by atoms with Crippen molar-refractivity contribution >= 4 is 28.8 Å². The Hall–Kier alpha value is -2.99. The van der Waals surface area contributed by atoms with Crippen molar-refractivity contribution in [2.24, 2.45) is 0 Å². The van der Waals surface area contributed by atoms with Crippen LogP contribution in [0.15, 0.2) is 66.3 Å². The van der Waals surface area contributed by atoms with E-state index in [0.29, 0.717) is 24.2 Å². The number of hydrogen-bond donors (Lipinski definition) is 2. The van der Waals surface area contributed by atoms with Gasteiger partial charge in [-0.15, -0.1) is 11.3 Å². The molecule has 2 aromatic heterocycles. The highest BCUT2D eigenvalue weighted by Gasteiger charge is 2.07. The maximum atomic E-state index is 12.2. The number of thiophene rings is 1. The monoisotopic (exact) mass is 379 g/mol. The minimum absolute atomic E-state index is 0.0396. The third-order valence-corrected chi connectivity index (χ3v) is 4.96. The predicted octanol–water partition coefficient (Wildman–Crippen LogP) is 4.03. The van der Waals surface area contributed by atoms with E-state index in [0.717, 1.165) is 18.4 Å². The summed E-state index contributed by atoms with van der Waals surface area (Å²) in [5.74, 6) is -0.148. The second kappa shape index (κ2) is 9.64. The molecule has 0 aliphatic heterocycles. The van der Waals surface area contributed by atoms with E-state index in [-0.39, 0.29) is 11.8 Å². The normalized spacial score (nSPS) is 10.4. The van der Waals surface area contributed by atoms with Crippen LogP contribution in [0.3, 0.4) is 0 Å². The van der Waals surface area contributed by atoms with Gasteiger partial charge >= 0.3 is 0 Å². The molecule has 2 N–H and O–H groups in total. The topological polar surface area (TPSA) is 71.1 Å². The molecule has 0 aliphatic rings. The number of rotatable bonds is 8. The summed E-state index contributed by atoms with van der Waals surface area (Å²) in [4.78, 5) is 29.4. The van der Waals surface area contributed by atoms with Crippen LogP contribution in [0.1, 0.15) is 33.6 Å². The zero-order chi connectivity index (χ0) is 18.9. The van der Waals surface area contributed by atoms with Gasteiger partial charge in [-0.1, -0.05) is 18.2 Å². The summed E-state index contributed by atoms with van der Waals surface area (Å²) in [7, 11) is 0. The number of nitrogens with zero attached hydrogens (tertiary/aromatic N) is 1. The van der Waals surface area contributed by atoms with Gasteiger partial charge < -0.3 is 10.6 Å². The van der Waals surface area contributed by atoms with Gasteiger partial charge in [0.05, 0.1) is 0 Å². The Kier molecular flexibility index (Phi) is 6.71. The molecule has 0 atom stereocenters. The quantitative estimate of drug-likeness (QED) is 0.621. The smallest absolute Gasteiger partial charge is 0.255 e. The fourth-order valence-electron chi connectivity index (χ4n) is 2.63. The van der Waals surface area contributed by atoms with Crippen LogP contribution in [-0.4, -0.2) is 16.8 Å². The molecule has 2 heterocycles. The van der Waals surface area contributed by atoms with Gasteiger partial charge in [0.25, 0.3) is 5.91 Å². The predicted molar refractivity (Wildman–Crippen MR) is 108 cm³/mol. The molecule has 0 aliphatic carbocycles. The number of hydrogen-bond acceptors (Lipinski definition) is 4. The number of nitrogens with one attached hydrogen (secondary N) is 2.